The van der Waals surface area contributed by atoms with Crippen molar-refractivity contribution < 1.29 is 0 Å². The number of benzene rings is 2. The summed E-state index contributed by atoms with van der Waals surface area (Å²) in [5, 5.41) is 9.31. The van der Waals surface area contributed by atoms with Gasteiger partial charge in [-0.2, -0.15) is 0 Å². The van der Waals surface area contributed by atoms with E-state index in [4.69, 9.17) is 35.4 Å². The zero-order chi connectivity index (χ0) is 19.2. The van der Waals surface area contributed by atoms with E-state index in [1.165, 1.54) is 0 Å². The third-order valence-corrected chi connectivity index (χ3v) is 5.52. The molecule has 3 nitrogen and oxygen atoms in total. The van der Waals surface area contributed by atoms with Gasteiger partial charge in [-0.1, -0.05) is 47.1 Å². The van der Waals surface area contributed by atoms with Gasteiger partial charge in [0.2, 0.25) is 0 Å². The van der Waals surface area contributed by atoms with E-state index >= 15 is 0 Å². The van der Waals surface area contributed by atoms with Crippen LogP contribution in [-0.2, 0) is 0 Å². The molecular weight excluding hydrogens is 417 g/mol. The molecule has 7 heteroatoms. The van der Waals surface area contributed by atoms with Gasteiger partial charge in [0.1, 0.15) is 5.03 Å². The first kappa shape index (κ1) is 20.0. The first-order chi connectivity index (χ1) is 13.0. The van der Waals surface area contributed by atoms with Crippen LogP contribution in [0.25, 0.3) is 0 Å². The molecule has 0 aliphatic rings. The van der Waals surface area contributed by atoms with Crippen LogP contribution in [0.4, 0.5) is 5.69 Å². The molecule has 0 amide bonds. The smallest absolute Gasteiger partial charge is 0.171 e. The van der Waals surface area contributed by atoms with Crippen molar-refractivity contribution in [3.05, 3.63) is 82.5 Å². The Bertz CT molecular complexity index is 915. The van der Waals surface area contributed by atoms with Crippen LogP contribution in [0.5, 0.6) is 0 Å². The normalized spacial score (nSPS) is 11.7. The lowest BCUT2D eigenvalue weighted by Gasteiger charge is -2.18. The summed E-state index contributed by atoms with van der Waals surface area (Å²) in [5.41, 5.74) is 1.95. The summed E-state index contributed by atoms with van der Waals surface area (Å²) in [4.78, 5) is 5.51. The molecule has 0 unspecified atom stereocenters. The Kier molecular flexibility index (Phi) is 6.96. The van der Waals surface area contributed by atoms with Crippen molar-refractivity contribution in [1.82, 2.24) is 10.3 Å². The fourth-order valence-corrected chi connectivity index (χ4v) is 3.75. The van der Waals surface area contributed by atoms with E-state index in [1.807, 2.05) is 67.6 Å². The van der Waals surface area contributed by atoms with E-state index in [9.17, 15) is 0 Å². The number of nitrogens with one attached hydrogen (secondary N) is 2. The highest BCUT2D eigenvalue weighted by Crippen LogP contribution is 2.32. The Labute approximate surface area is 178 Å². The number of hydrogen-bond donors (Lipinski definition) is 2. The second-order valence-electron chi connectivity index (χ2n) is 5.78. The highest BCUT2D eigenvalue weighted by atomic mass is 35.5. The lowest BCUT2D eigenvalue weighted by molar-refractivity contribution is 0.722. The van der Waals surface area contributed by atoms with Crippen LogP contribution >= 0.6 is 47.2 Å². The number of thiocarbonyl (C=S) groups is 1. The third kappa shape index (κ3) is 5.84. The first-order valence-corrected chi connectivity index (χ1v) is 10.2. The van der Waals surface area contributed by atoms with Crippen molar-refractivity contribution in [2.75, 3.05) is 5.32 Å². The van der Waals surface area contributed by atoms with Crippen molar-refractivity contribution in [2.24, 2.45) is 0 Å². The molecule has 0 saturated heterocycles. The molecule has 0 radical (unpaired) electrons. The van der Waals surface area contributed by atoms with Crippen LogP contribution in [-0.4, -0.2) is 10.1 Å². The molecule has 0 spiro atoms. The summed E-state index contributed by atoms with van der Waals surface area (Å²) in [5.74, 6) is 0. The molecule has 0 aliphatic carbocycles. The molecule has 0 bridgehead atoms. The summed E-state index contributed by atoms with van der Waals surface area (Å²) in [6, 6.07) is 19.2. The predicted molar refractivity (Wildman–Crippen MR) is 119 cm³/mol. The van der Waals surface area contributed by atoms with Gasteiger partial charge >= 0.3 is 0 Å². The van der Waals surface area contributed by atoms with Crippen molar-refractivity contribution in [1.29, 1.82) is 0 Å². The first-order valence-electron chi connectivity index (χ1n) is 8.22. The van der Waals surface area contributed by atoms with Crippen molar-refractivity contribution >= 4 is 58.0 Å². The molecule has 0 aliphatic heterocycles. The molecule has 0 saturated carbocycles. The number of pyridine rings is 1. The lowest BCUT2D eigenvalue weighted by Crippen LogP contribution is -2.31. The molecule has 3 aromatic rings. The monoisotopic (exact) mass is 433 g/mol. The summed E-state index contributed by atoms with van der Waals surface area (Å²) in [6.07, 6.45) is 1.76. The number of aromatic nitrogens is 1. The zero-order valence-corrected chi connectivity index (χ0v) is 17.6. The Balaban J connectivity index is 1.67. The van der Waals surface area contributed by atoms with E-state index < -0.39 is 0 Å². The van der Waals surface area contributed by atoms with Gasteiger partial charge in [-0.25, -0.2) is 4.98 Å². The molecule has 0 fully saturated rings. The molecule has 2 N–H and O–H groups in total. The second-order valence-corrected chi connectivity index (χ2v) is 8.13. The van der Waals surface area contributed by atoms with Gasteiger partial charge in [-0.3, -0.25) is 0 Å². The van der Waals surface area contributed by atoms with E-state index in [1.54, 1.807) is 18.0 Å². The molecule has 27 heavy (non-hydrogen) atoms. The van der Waals surface area contributed by atoms with Crippen molar-refractivity contribution in [2.45, 2.75) is 22.9 Å². The minimum Gasteiger partial charge on any atom is -0.356 e. The SMILES string of the molecule is C[C@H](NC(=S)Nc1cccnc1Sc1ccc(Cl)cc1)c1ccc(Cl)cc1. The van der Waals surface area contributed by atoms with Crippen LogP contribution < -0.4 is 10.6 Å². The molecule has 2 aromatic carbocycles. The van der Waals surface area contributed by atoms with Gasteiger partial charge in [0.25, 0.3) is 0 Å². The summed E-state index contributed by atoms with van der Waals surface area (Å²) in [7, 11) is 0. The standard InChI is InChI=1S/C20H17Cl2N3S2/c1-13(14-4-6-15(21)7-5-14)24-20(26)25-18-3-2-12-23-19(18)27-17-10-8-16(22)9-11-17/h2-13H,1H3,(H2,24,25,26)/t13-/m0/s1. The number of hydrogen-bond acceptors (Lipinski definition) is 3. The molecule has 1 aromatic heterocycles. The Morgan fingerprint density at radius 1 is 1.00 bits per heavy atom. The van der Waals surface area contributed by atoms with Gasteiger partial charge < -0.3 is 10.6 Å². The van der Waals surface area contributed by atoms with Crippen LogP contribution in [0.15, 0.2) is 76.8 Å². The van der Waals surface area contributed by atoms with Crippen LogP contribution in [0.2, 0.25) is 10.0 Å². The largest absolute Gasteiger partial charge is 0.356 e. The van der Waals surface area contributed by atoms with Crippen LogP contribution in [0.3, 0.4) is 0 Å². The highest BCUT2D eigenvalue weighted by molar-refractivity contribution is 7.99. The van der Waals surface area contributed by atoms with Gasteiger partial charge in [-0.15, -0.1) is 0 Å². The van der Waals surface area contributed by atoms with Gasteiger partial charge in [0, 0.05) is 21.1 Å². The number of rotatable bonds is 5. The summed E-state index contributed by atoms with van der Waals surface area (Å²) < 4.78 is 0. The van der Waals surface area contributed by atoms with E-state index in [2.05, 4.69) is 15.6 Å². The molecule has 138 valence electrons. The maximum Gasteiger partial charge on any atom is 0.171 e. The maximum atomic E-state index is 5.95. The fraction of sp³-hybridized carbons (Fsp3) is 0.100. The van der Waals surface area contributed by atoms with E-state index in [-0.39, 0.29) is 6.04 Å². The maximum absolute atomic E-state index is 5.95. The lowest BCUT2D eigenvalue weighted by atomic mass is 10.1. The van der Waals surface area contributed by atoms with Gasteiger partial charge in [0.15, 0.2) is 5.11 Å². The number of anilines is 1. The summed E-state index contributed by atoms with van der Waals surface area (Å²) in [6.45, 7) is 2.05. The minimum absolute atomic E-state index is 0.0475. The third-order valence-electron chi connectivity index (χ3n) is 3.77. The molecule has 1 heterocycles. The van der Waals surface area contributed by atoms with Crippen molar-refractivity contribution in [3.63, 3.8) is 0 Å². The molecule has 3 rings (SSSR count). The molecular formula is C20H17Cl2N3S2. The van der Waals surface area contributed by atoms with Crippen LogP contribution in [0.1, 0.15) is 18.5 Å². The second kappa shape index (κ2) is 9.42. The Morgan fingerprint density at radius 2 is 1.63 bits per heavy atom. The highest BCUT2D eigenvalue weighted by Gasteiger charge is 2.10. The quantitative estimate of drug-likeness (QED) is 0.443. The number of halogens is 2. The van der Waals surface area contributed by atoms with Gasteiger partial charge in [0.05, 0.1) is 11.7 Å². The van der Waals surface area contributed by atoms with E-state index in [0.29, 0.717) is 15.2 Å². The van der Waals surface area contributed by atoms with E-state index in [0.717, 1.165) is 21.2 Å². The average Bonchev–Trinajstić information content (AvgIpc) is 2.65. The Hall–Kier alpha value is -1.79. The Morgan fingerprint density at radius 3 is 2.30 bits per heavy atom. The van der Waals surface area contributed by atoms with Crippen LogP contribution in [0, 0.1) is 0 Å². The minimum atomic E-state index is 0.0475. The van der Waals surface area contributed by atoms with Gasteiger partial charge in [-0.05, 0) is 73.2 Å². The topological polar surface area (TPSA) is 37.0 Å². The van der Waals surface area contributed by atoms with Crippen molar-refractivity contribution in [3.8, 4) is 0 Å². The average molecular weight is 434 g/mol. The fourth-order valence-electron chi connectivity index (χ4n) is 2.37. The zero-order valence-electron chi connectivity index (χ0n) is 14.4. The number of nitrogens with zero attached hydrogens (tertiary/aromatic N) is 1. The molecule has 1 atom stereocenters. The predicted octanol–water partition coefficient (Wildman–Crippen LogP) is 6.59. The summed E-state index contributed by atoms with van der Waals surface area (Å²) >= 11 is 18.9.